The normalized spacial score (nSPS) is 9.76. The molecule has 0 saturated carbocycles. The zero-order valence-corrected chi connectivity index (χ0v) is 11.2. The Hall–Kier alpha value is -2.77. The lowest BCUT2D eigenvalue weighted by Crippen LogP contribution is -2.15. The van der Waals surface area contributed by atoms with Crippen molar-refractivity contribution < 1.29 is 28.8 Å². The minimum atomic E-state index is -0.763. The largest absolute Gasteiger partial charge is 0.462 e. The van der Waals surface area contributed by atoms with Gasteiger partial charge >= 0.3 is 11.9 Å². The van der Waals surface area contributed by atoms with Gasteiger partial charge in [-0.15, -0.1) is 0 Å². The van der Waals surface area contributed by atoms with Gasteiger partial charge in [-0.05, 0) is 13.0 Å². The third kappa shape index (κ3) is 5.81. The molecule has 0 unspecified atom stereocenters. The Labute approximate surface area is 119 Å². The predicted octanol–water partition coefficient (Wildman–Crippen LogP) is 1.27. The Balaban J connectivity index is 2.41. The molecule has 0 radical (unpaired) electrons. The lowest BCUT2D eigenvalue weighted by molar-refractivity contribution is -0.384. The number of carbonyl (C=O) groups is 3. The summed E-state index contributed by atoms with van der Waals surface area (Å²) in [6.07, 6.45) is -0.334. The molecule has 1 aromatic carbocycles. The van der Waals surface area contributed by atoms with Gasteiger partial charge in [0.1, 0.15) is 25.4 Å². The lowest BCUT2D eigenvalue weighted by Gasteiger charge is -2.05. The highest BCUT2D eigenvalue weighted by Gasteiger charge is 2.13. The van der Waals surface area contributed by atoms with Crippen LogP contribution in [0.1, 0.15) is 23.7 Å². The molecule has 0 N–H and O–H groups in total. The number of nitrogens with zero attached hydrogens (tertiary/aromatic N) is 1. The average molecular weight is 295 g/mol. The topological polar surface area (TPSA) is 113 Å². The molecule has 0 aliphatic rings. The van der Waals surface area contributed by atoms with Gasteiger partial charge in [-0.3, -0.25) is 19.7 Å². The highest BCUT2D eigenvalue weighted by atomic mass is 16.6. The number of ketones is 1. The molecule has 1 rings (SSSR count). The number of Topliss-reactive ketones (excluding diaryl/α,β-unsaturated/α-hetero) is 1. The van der Waals surface area contributed by atoms with Crippen LogP contribution >= 0.6 is 0 Å². The first-order valence-electron chi connectivity index (χ1n) is 5.97. The molecular weight excluding hydrogens is 282 g/mol. The van der Waals surface area contributed by atoms with Crippen molar-refractivity contribution in [3.63, 3.8) is 0 Å². The number of non-ortho nitro benzene ring substituents is 1. The highest BCUT2D eigenvalue weighted by Crippen LogP contribution is 2.13. The van der Waals surface area contributed by atoms with Gasteiger partial charge < -0.3 is 9.47 Å². The van der Waals surface area contributed by atoms with Gasteiger partial charge in [0.05, 0.1) is 10.5 Å². The van der Waals surface area contributed by atoms with Crippen LogP contribution in [0.2, 0.25) is 0 Å². The van der Waals surface area contributed by atoms with E-state index in [1.807, 2.05) is 0 Å². The van der Waals surface area contributed by atoms with Gasteiger partial charge in [0.25, 0.3) is 5.69 Å². The smallest absolute Gasteiger partial charge is 0.338 e. The van der Waals surface area contributed by atoms with E-state index in [0.29, 0.717) is 0 Å². The standard InChI is InChI=1S/C13H13NO7/c1-9(15)7-12(16)20-5-6-21-13(17)10-3-2-4-11(8-10)14(18)19/h2-4,8H,5-7H2,1H3. The molecule has 1 aromatic rings. The number of hydrogen-bond acceptors (Lipinski definition) is 7. The van der Waals surface area contributed by atoms with Gasteiger partial charge in [-0.25, -0.2) is 4.79 Å². The third-order valence-electron chi connectivity index (χ3n) is 2.27. The molecule has 0 spiro atoms. The van der Waals surface area contributed by atoms with Crippen LogP contribution in [0.4, 0.5) is 5.69 Å². The van der Waals surface area contributed by atoms with Crippen molar-refractivity contribution in [3.8, 4) is 0 Å². The van der Waals surface area contributed by atoms with Gasteiger partial charge in [0, 0.05) is 12.1 Å². The van der Waals surface area contributed by atoms with Crippen LogP contribution < -0.4 is 0 Å². The summed E-state index contributed by atoms with van der Waals surface area (Å²) in [5.74, 6) is -1.79. The number of carbonyl (C=O) groups excluding carboxylic acids is 3. The number of nitro benzene ring substituents is 1. The maximum absolute atomic E-state index is 11.6. The molecule has 0 aromatic heterocycles. The van der Waals surface area contributed by atoms with Crippen molar-refractivity contribution in [3.05, 3.63) is 39.9 Å². The lowest BCUT2D eigenvalue weighted by atomic mass is 10.2. The molecule has 0 amide bonds. The van der Waals surface area contributed by atoms with Crippen molar-refractivity contribution in [2.24, 2.45) is 0 Å². The Morgan fingerprint density at radius 2 is 1.86 bits per heavy atom. The molecule has 8 heteroatoms. The van der Waals surface area contributed by atoms with Crippen LogP contribution in [0.3, 0.4) is 0 Å². The molecule has 21 heavy (non-hydrogen) atoms. The number of nitro groups is 1. The Morgan fingerprint density at radius 3 is 2.48 bits per heavy atom. The van der Waals surface area contributed by atoms with Crippen molar-refractivity contribution >= 4 is 23.4 Å². The van der Waals surface area contributed by atoms with E-state index in [2.05, 4.69) is 4.74 Å². The number of benzene rings is 1. The second-order valence-electron chi connectivity index (χ2n) is 4.04. The Bertz CT molecular complexity index is 567. The predicted molar refractivity (Wildman–Crippen MR) is 69.6 cm³/mol. The second-order valence-corrected chi connectivity index (χ2v) is 4.04. The number of rotatable bonds is 7. The molecule has 0 saturated heterocycles. The van der Waals surface area contributed by atoms with Crippen molar-refractivity contribution in [1.82, 2.24) is 0 Å². The summed E-state index contributed by atoms with van der Waals surface area (Å²) in [4.78, 5) is 43.2. The molecular formula is C13H13NO7. The molecule has 0 heterocycles. The molecule has 0 bridgehead atoms. The van der Waals surface area contributed by atoms with Crippen LogP contribution in [-0.2, 0) is 19.1 Å². The zero-order valence-electron chi connectivity index (χ0n) is 11.2. The first-order valence-corrected chi connectivity index (χ1v) is 5.97. The average Bonchev–Trinajstić information content (AvgIpc) is 2.42. The molecule has 0 fully saturated rings. The highest BCUT2D eigenvalue weighted by molar-refractivity contribution is 5.94. The van der Waals surface area contributed by atoms with E-state index in [0.717, 1.165) is 6.07 Å². The van der Waals surface area contributed by atoms with E-state index in [1.165, 1.54) is 25.1 Å². The van der Waals surface area contributed by atoms with Crippen LogP contribution in [0.15, 0.2) is 24.3 Å². The summed E-state index contributed by atoms with van der Waals surface area (Å²) in [7, 11) is 0. The maximum atomic E-state index is 11.6. The van der Waals surface area contributed by atoms with E-state index in [-0.39, 0.29) is 36.7 Å². The number of esters is 2. The fraction of sp³-hybridized carbons (Fsp3) is 0.308. The van der Waals surface area contributed by atoms with Crippen molar-refractivity contribution in [2.45, 2.75) is 13.3 Å². The molecule has 0 aliphatic carbocycles. The second kappa shape index (κ2) is 7.73. The van der Waals surface area contributed by atoms with Gasteiger partial charge in [-0.2, -0.15) is 0 Å². The van der Waals surface area contributed by atoms with Gasteiger partial charge in [-0.1, -0.05) is 6.07 Å². The van der Waals surface area contributed by atoms with E-state index >= 15 is 0 Å². The van der Waals surface area contributed by atoms with E-state index in [1.54, 1.807) is 0 Å². The summed E-state index contributed by atoms with van der Waals surface area (Å²) in [6, 6.07) is 5.07. The van der Waals surface area contributed by atoms with Crippen LogP contribution in [0.5, 0.6) is 0 Å². The van der Waals surface area contributed by atoms with Gasteiger partial charge in [0.2, 0.25) is 0 Å². The minimum absolute atomic E-state index is 0.0271. The van der Waals surface area contributed by atoms with Crippen LogP contribution in [0.25, 0.3) is 0 Å². The summed E-state index contributed by atoms with van der Waals surface area (Å²) in [5.41, 5.74) is -0.198. The van der Waals surface area contributed by atoms with E-state index in [4.69, 9.17) is 4.74 Å². The number of ether oxygens (including phenoxy) is 2. The SMILES string of the molecule is CC(=O)CC(=O)OCCOC(=O)c1cccc([N+](=O)[O-])c1. The maximum Gasteiger partial charge on any atom is 0.338 e. The molecule has 0 atom stereocenters. The Morgan fingerprint density at radius 1 is 1.19 bits per heavy atom. The van der Waals surface area contributed by atoms with Crippen LogP contribution in [-0.4, -0.2) is 35.9 Å². The summed E-state index contributed by atoms with van der Waals surface area (Å²) < 4.78 is 9.45. The quantitative estimate of drug-likeness (QED) is 0.245. The van der Waals surface area contributed by atoms with E-state index < -0.39 is 16.9 Å². The van der Waals surface area contributed by atoms with Crippen LogP contribution in [0, 0.1) is 10.1 Å². The Kier molecular flexibility index (Phi) is 5.99. The number of hydrogen-bond donors (Lipinski definition) is 0. The van der Waals surface area contributed by atoms with Crippen molar-refractivity contribution in [1.29, 1.82) is 0 Å². The molecule has 0 aliphatic heterocycles. The fourth-order valence-electron chi connectivity index (χ4n) is 1.37. The molecule has 8 nitrogen and oxygen atoms in total. The monoisotopic (exact) mass is 295 g/mol. The fourth-order valence-corrected chi connectivity index (χ4v) is 1.37. The zero-order chi connectivity index (χ0) is 15.8. The summed E-state index contributed by atoms with van der Waals surface area (Å²) >= 11 is 0. The molecule has 112 valence electrons. The first kappa shape index (κ1) is 16.3. The third-order valence-corrected chi connectivity index (χ3v) is 2.27. The van der Waals surface area contributed by atoms with Crippen molar-refractivity contribution in [2.75, 3.05) is 13.2 Å². The summed E-state index contributed by atoms with van der Waals surface area (Å²) in [5, 5.41) is 10.6. The summed E-state index contributed by atoms with van der Waals surface area (Å²) in [6.45, 7) is 0.863. The van der Waals surface area contributed by atoms with Gasteiger partial charge in [0.15, 0.2) is 0 Å². The van der Waals surface area contributed by atoms with E-state index in [9.17, 15) is 24.5 Å². The minimum Gasteiger partial charge on any atom is -0.462 e. The first-order chi connectivity index (χ1) is 9.90.